The predicted molar refractivity (Wildman–Crippen MR) is 88.8 cm³/mol. The Bertz CT molecular complexity index is 812. The number of aromatic amines is 1. The molecule has 1 amide bonds. The average molecular weight is 364 g/mol. The molecule has 0 atom stereocenters. The number of carbonyl (C=O) groups excluding carboxylic acids is 3. The molecular formula is C17H17FN2O6. The van der Waals surface area contributed by atoms with Gasteiger partial charge in [0.25, 0.3) is 0 Å². The first-order chi connectivity index (χ1) is 12.4. The van der Waals surface area contributed by atoms with Crippen LogP contribution in [0.15, 0.2) is 24.4 Å². The smallest absolute Gasteiger partial charge is 0.356 e. The van der Waals surface area contributed by atoms with Crippen LogP contribution in [0, 0.1) is 5.82 Å². The number of aromatic nitrogens is 1. The summed E-state index contributed by atoms with van der Waals surface area (Å²) < 4.78 is 27.8. The molecule has 0 fully saturated rings. The van der Waals surface area contributed by atoms with Crippen LogP contribution in [0.1, 0.15) is 26.4 Å². The minimum atomic E-state index is -0.772. The maximum absolute atomic E-state index is 13.7. The number of hydrogen-bond acceptors (Lipinski definition) is 6. The van der Waals surface area contributed by atoms with E-state index in [1.165, 1.54) is 32.5 Å². The molecule has 8 nitrogen and oxygen atoms in total. The molecule has 138 valence electrons. The van der Waals surface area contributed by atoms with Gasteiger partial charge in [0.2, 0.25) is 5.91 Å². The number of methoxy groups -OCH3 is 3. The third kappa shape index (κ3) is 4.00. The Hall–Kier alpha value is -3.36. The fourth-order valence-corrected chi connectivity index (χ4v) is 2.28. The number of rotatable bonds is 6. The molecule has 0 spiro atoms. The number of amides is 1. The maximum atomic E-state index is 13.7. The predicted octanol–water partition coefficient (Wildman–Crippen LogP) is 1.92. The third-order valence-corrected chi connectivity index (χ3v) is 3.52. The Morgan fingerprint density at radius 1 is 1.12 bits per heavy atom. The van der Waals surface area contributed by atoms with E-state index < -0.39 is 23.7 Å². The Balaban J connectivity index is 2.24. The number of nitrogens with one attached hydrogen (secondary N) is 2. The van der Waals surface area contributed by atoms with Crippen LogP contribution in [-0.4, -0.2) is 44.2 Å². The zero-order valence-corrected chi connectivity index (χ0v) is 14.3. The van der Waals surface area contributed by atoms with E-state index >= 15 is 0 Å². The van der Waals surface area contributed by atoms with Crippen LogP contribution in [0.5, 0.6) is 5.75 Å². The Morgan fingerprint density at radius 2 is 1.81 bits per heavy atom. The minimum absolute atomic E-state index is 0.0397. The van der Waals surface area contributed by atoms with Crippen LogP contribution in [0.25, 0.3) is 0 Å². The Morgan fingerprint density at radius 3 is 2.38 bits per heavy atom. The molecule has 26 heavy (non-hydrogen) atoms. The molecule has 0 aliphatic rings. The van der Waals surface area contributed by atoms with E-state index in [0.717, 1.165) is 13.2 Å². The van der Waals surface area contributed by atoms with Crippen LogP contribution in [-0.2, 0) is 20.7 Å². The first-order valence-electron chi connectivity index (χ1n) is 7.41. The van der Waals surface area contributed by atoms with Crippen molar-refractivity contribution in [3.8, 4) is 5.75 Å². The van der Waals surface area contributed by atoms with Crippen molar-refractivity contribution < 1.29 is 33.0 Å². The molecule has 0 radical (unpaired) electrons. The van der Waals surface area contributed by atoms with Crippen molar-refractivity contribution in [1.82, 2.24) is 4.98 Å². The normalized spacial score (nSPS) is 10.2. The summed E-state index contributed by atoms with van der Waals surface area (Å²) in [5.41, 5.74) is 0.169. The maximum Gasteiger partial charge on any atom is 0.356 e. The molecular weight excluding hydrogens is 347 g/mol. The summed E-state index contributed by atoms with van der Waals surface area (Å²) in [5, 5.41) is 2.46. The van der Waals surface area contributed by atoms with Crippen molar-refractivity contribution in [2.45, 2.75) is 6.42 Å². The number of ether oxygens (including phenoxy) is 3. The van der Waals surface area contributed by atoms with E-state index in [-0.39, 0.29) is 29.1 Å². The molecule has 2 N–H and O–H groups in total. The van der Waals surface area contributed by atoms with Gasteiger partial charge in [-0.25, -0.2) is 14.0 Å². The quantitative estimate of drug-likeness (QED) is 0.759. The van der Waals surface area contributed by atoms with Gasteiger partial charge >= 0.3 is 11.9 Å². The van der Waals surface area contributed by atoms with Crippen LogP contribution in [0.3, 0.4) is 0 Å². The summed E-state index contributed by atoms with van der Waals surface area (Å²) in [7, 11) is 3.66. The van der Waals surface area contributed by atoms with Gasteiger partial charge in [0.1, 0.15) is 11.3 Å². The van der Waals surface area contributed by atoms with Crippen molar-refractivity contribution in [2.24, 2.45) is 0 Å². The zero-order valence-electron chi connectivity index (χ0n) is 14.3. The number of H-pyrrole nitrogens is 1. The van der Waals surface area contributed by atoms with Gasteiger partial charge < -0.3 is 24.5 Å². The van der Waals surface area contributed by atoms with Crippen molar-refractivity contribution in [3.63, 3.8) is 0 Å². The van der Waals surface area contributed by atoms with E-state index in [1.807, 2.05) is 0 Å². The molecule has 0 saturated heterocycles. The fraction of sp³-hybridized carbons (Fsp3) is 0.235. The van der Waals surface area contributed by atoms with Gasteiger partial charge in [0, 0.05) is 6.20 Å². The van der Waals surface area contributed by atoms with Gasteiger partial charge in [-0.2, -0.15) is 0 Å². The fourth-order valence-electron chi connectivity index (χ4n) is 2.28. The molecule has 2 aromatic rings. The van der Waals surface area contributed by atoms with E-state index in [1.54, 1.807) is 0 Å². The first-order valence-corrected chi connectivity index (χ1v) is 7.41. The molecule has 0 bridgehead atoms. The second-order valence-electron chi connectivity index (χ2n) is 5.13. The summed E-state index contributed by atoms with van der Waals surface area (Å²) in [6.07, 6.45) is 1.04. The highest BCUT2D eigenvalue weighted by Gasteiger charge is 2.24. The van der Waals surface area contributed by atoms with Gasteiger partial charge in [-0.1, -0.05) is 6.07 Å². The Labute approximate surface area is 148 Å². The Kier molecular flexibility index (Phi) is 5.94. The number of carbonyl (C=O) groups is 3. The van der Waals surface area contributed by atoms with Gasteiger partial charge in [0.15, 0.2) is 11.6 Å². The van der Waals surface area contributed by atoms with Crippen molar-refractivity contribution >= 4 is 23.5 Å². The highest BCUT2D eigenvalue weighted by atomic mass is 19.1. The lowest BCUT2D eigenvalue weighted by Gasteiger charge is -2.09. The van der Waals surface area contributed by atoms with E-state index in [9.17, 15) is 18.8 Å². The van der Waals surface area contributed by atoms with Crippen LogP contribution in [0.2, 0.25) is 0 Å². The number of halogens is 1. The van der Waals surface area contributed by atoms with Gasteiger partial charge in [-0.3, -0.25) is 4.79 Å². The number of benzene rings is 1. The molecule has 0 saturated carbocycles. The van der Waals surface area contributed by atoms with Gasteiger partial charge in [-0.15, -0.1) is 0 Å². The highest BCUT2D eigenvalue weighted by Crippen LogP contribution is 2.23. The monoisotopic (exact) mass is 364 g/mol. The average Bonchev–Trinajstić information content (AvgIpc) is 3.03. The van der Waals surface area contributed by atoms with E-state index in [2.05, 4.69) is 19.8 Å². The van der Waals surface area contributed by atoms with Crippen molar-refractivity contribution in [2.75, 3.05) is 26.6 Å². The summed E-state index contributed by atoms with van der Waals surface area (Å²) in [4.78, 5) is 38.5. The summed E-state index contributed by atoms with van der Waals surface area (Å²) in [6, 6.07) is 4.09. The van der Waals surface area contributed by atoms with E-state index in [4.69, 9.17) is 4.74 Å². The van der Waals surface area contributed by atoms with Crippen LogP contribution >= 0.6 is 0 Å². The second kappa shape index (κ2) is 8.15. The lowest BCUT2D eigenvalue weighted by Crippen LogP contribution is -2.19. The molecule has 0 aliphatic carbocycles. The molecule has 1 aromatic heterocycles. The van der Waals surface area contributed by atoms with Crippen molar-refractivity contribution in [1.29, 1.82) is 0 Å². The second-order valence-corrected chi connectivity index (χ2v) is 5.13. The third-order valence-electron chi connectivity index (χ3n) is 3.52. The molecule has 1 heterocycles. The topological polar surface area (TPSA) is 107 Å². The SMILES string of the molecule is COC(=O)c1c[nH]c(C(=O)OC)c1NC(=O)Cc1ccc(OC)c(F)c1. The van der Waals surface area contributed by atoms with Gasteiger partial charge in [0.05, 0.1) is 33.4 Å². The summed E-state index contributed by atoms with van der Waals surface area (Å²) in [6.45, 7) is 0. The summed E-state index contributed by atoms with van der Waals surface area (Å²) >= 11 is 0. The first kappa shape index (κ1) is 19.0. The molecule has 9 heteroatoms. The number of anilines is 1. The lowest BCUT2D eigenvalue weighted by atomic mass is 10.1. The zero-order chi connectivity index (χ0) is 19.3. The minimum Gasteiger partial charge on any atom is -0.494 e. The van der Waals surface area contributed by atoms with Crippen LogP contribution in [0.4, 0.5) is 10.1 Å². The molecule has 1 aromatic carbocycles. The number of hydrogen-bond donors (Lipinski definition) is 2. The molecule has 2 rings (SSSR count). The molecule has 0 aliphatic heterocycles. The largest absolute Gasteiger partial charge is 0.494 e. The van der Waals surface area contributed by atoms with E-state index in [0.29, 0.717) is 5.56 Å². The highest BCUT2D eigenvalue weighted by molar-refractivity contribution is 6.08. The van der Waals surface area contributed by atoms with Gasteiger partial charge in [-0.05, 0) is 17.7 Å². The lowest BCUT2D eigenvalue weighted by molar-refractivity contribution is -0.115. The van der Waals surface area contributed by atoms with Crippen molar-refractivity contribution in [3.05, 3.63) is 47.0 Å². The standard InChI is InChI=1S/C17H17FN2O6/c1-24-12-5-4-9(6-11(12)18)7-13(21)20-14-10(16(22)25-2)8-19-15(14)17(23)26-3/h4-6,8,19H,7H2,1-3H3,(H,20,21). The summed E-state index contributed by atoms with van der Waals surface area (Å²) in [5.74, 6) is -2.64. The molecule has 0 unspecified atom stereocenters. The van der Waals surface area contributed by atoms with Crippen LogP contribution < -0.4 is 10.1 Å². The number of esters is 2.